The molecule has 0 spiro atoms. The molecule has 4 aromatic rings. The average molecular weight is 581 g/mol. The van der Waals surface area contributed by atoms with Gasteiger partial charge in [-0.3, -0.25) is 4.79 Å². The quantitative estimate of drug-likeness (QED) is 0.236. The summed E-state index contributed by atoms with van der Waals surface area (Å²) in [5, 5.41) is 12.5. The summed E-state index contributed by atoms with van der Waals surface area (Å²) < 4.78 is 2.75. The standard InChI is InChI=1S/C27H23BrClN5OS/c1-16-7-3-6-10-22(16)31-25(35)23-17(2)30-26-32-27(36-15-19-8-4-5-9-21(19)29)33-34(26)24(23)18-11-13-20(28)14-12-18/h3-14,24H,15H2,1-2H3,(H,31,35)(H,30,32,33). The summed E-state index contributed by atoms with van der Waals surface area (Å²) in [6.07, 6.45) is 0. The SMILES string of the molecule is CC1=C(C(=O)Nc2ccccc2C)C(c2ccc(Br)cc2)n2nc(SCc3ccccc3Cl)nc2N1. The van der Waals surface area contributed by atoms with Crippen molar-refractivity contribution in [2.75, 3.05) is 10.6 Å². The van der Waals surface area contributed by atoms with Crippen LogP contribution in [0.4, 0.5) is 11.6 Å². The van der Waals surface area contributed by atoms with Gasteiger partial charge in [-0.1, -0.05) is 87.8 Å². The Morgan fingerprint density at radius 3 is 2.56 bits per heavy atom. The molecule has 2 N–H and O–H groups in total. The van der Waals surface area contributed by atoms with Crippen LogP contribution in [0.3, 0.4) is 0 Å². The monoisotopic (exact) mass is 579 g/mol. The number of nitrogens with zero attached hydrogens (tertiary/aromatic N) is 3. The maximum Gasteiger partial charge on any atom is 0.255 e. The van der Waals surface area contributed by atoms with Crippen molar-refractivity contribution in [3.8, 4) is 0 Å². The van der Waals surface area contributed by atoms with Gasteiger partial charge in [0.05, 0.1) is 5.57 Å². The Morgan fingerprint density at radius 2 is 1.81 bits per heavy atom. The van der Waals surface area contributed by atoms with E-state index in [4.69, 9.17) is 21.7 Å². The highest BCUT2D eigenvalue weighted by molar-refractivity contribution is 9.10. The van der Waals surface area contributed by atoms with Gasteiger partial charge in [-0.05, 0) is 54.8 Å². The van der Waals surface area contributed by atoms with E-state index >= 15 is 0 Å². The molecule has 0 saturated heterocycles. The highest BCUT2D eigenvalue weighted by atomic mass is 79.9. The van der Waals surface area contributed by atoms with Crippen LogP contribution in [0.1, 0.15) is 29.7 Å². The number of carbonyl (C=O) groups excluding carboxylic acids is 1. The molecule has 0 saturated carbocycles. The van der Waals surface area contributed by atoms with Gasteiger partial charge >= 0.3 is 0 Å². The number of amides is 1. The predicted octanol–water partition coefficient (Wildman–Crippen LogP) is 7.22. The highest BCUT2D eigenvalue weighted by Gasteiger charge is 2.34. The lowest BCUT2D eigenvalue weighted by atomic mass is 9.95. The predicted molar refractivity (Wildman–Crippen MR) is 149 cm³/mol. The maximum atomic E-state index is 13.6. The van der Waals surface area contributed by atoms with Gasteiger partial charge in [0.2, 0.25) is 11.1 Å². The second kappa shape index (κ2) is 10.5. The van der Waals surface area contributed by atoms with Crippen molar-refractivity contribution in [1.29, 1.82) is 0 Å². The van der Waals surface area contributed by atoms with Crippen LogP contribution in [-0.2, 0) is 10.5 Å². The minimum Gasteiger partial charge on any atom is -0.328 e. The van der Waals surface area contributed by atoms with E-state index in [2.05, 4.69) is 26.6 Å². The van der Waals surface area contributed by atoms with Crippen LogP contribution in [0.5, 0.6) is 0 Å². The summed E-state index contributed by atoms with van der Waals surface area (Å²) in [5.74, 6) is 1.04. The number of aryl methyl sites for hydroxylation is 1. The molecule has 182 valence electrons. The first-order valence-corrected chi connectivity index (χ1v) is 13.5. The van der Waals surface area contributed by atoms with Gasteiger partial charge in [0.25, 0.3) is 5.91 Å². The summed E-state index contributed by atoms with van der Waals surface area (Å²) in [4.78, 5) is 18.4. The zero-order valence-corrected chi connectivity index (χ0v) is 22.8. The van der Waals surface area contributed by atoms with Crippen molar-refractivity contribution in [3.05, 3.63) is 110 Å². The van der Waals surface area contributed by atoms with E-state index < -0.39 is 6.04 Å². The molecule has 1 atom stereocenters. The number of allylic oxidation sites excluding steroid dienone is 1. The van der Waals surface area contributed by atoms with Crippen molar-refractivity contribution in [2.24, 2.45) is 0 Å². The number of fused-ring (bicyclic) bond motifs is 1. The Morgan fingerprint density at radius 1 is 1.08 bits per heavy atom. The number of carbonyl (C=O) groups is 1. The van der Waals surface area contributed by atoms with Crippen molar-refractivity contribution in [3.63, 3.8) is 0 Å². The van der Waals surface area contributed by atoms with Gasteiger partial charge in [-0.2, -0.15) is 4.98 Å². The largest absolute Gasteiger partial charge is 0.328 e. The average Bonchev–Trinajstić information content (AvgIpc) is 3.27. The number of anilines is 2. The molecule has 9 heteroatoms. The molecule has 5 rings (SSSR count). The summed E-state index contributed by atoms with van der Waals surface area (Å²) in [6, 6.07) is 23.0. The van der Waals surface area contributed by atoms with Crippen molar-refractivity contribution in [2.45, 2.75) is 30.8 Å². The molecule has 2 heterocycles. The van der Waals surface area contributed by atoms with Gasteiger partial charge < -0.3 is 10.6 Å². The molecule has 1 aromatic heterocycles. The maximum absolute atomic E-state index is 13.6. The Bertz CT molecular complexity index is 1470. The van der Waals surface area contributed by atoms with E-state index in [-0.39, 0.29) is 5.91 Å². The van der Waals surface area contributed by atoms with E-state index in [9.17, 15) is 4.79 Å². The second-order valence-corrected chi connectivity index (χ2v) is 10.7. The molecule has 0 aliphatic carbocycles. The van der Waals surface area contributed by atoms with Gasteiger partial charge in [0, 0.05) is 26.6 Å². The fourth-order valence-electron chi connectivity index (χ4n) is 4.10. The first kappa shape index (κ1) is 24.6. The lowest BCUT2D eigenvalue weighted by Crippen LogP contribution is -2.31. The second-order valence-electron chi connectivity index (χ2n) is 8.43. The third-order valence-corrected chi connectivity index (χ3v) is 7.76. The zero-order chi connectivity index (χ0) is 25.2. The molecule has 0 fully saturated rings. The summed E-state index contributed by atoms with van der Waals surface area (Å²) in [6.45, 7) is 3.87. The van der Waals surface area contributed by atoms with E-state index in [1.54, 1.807) is 4.68 Å². The molecule has 1 amide bonds. The third-order valence-electron chi connectivity index (χ3n) is 5.97. The minimum atomic E-state index is -0.444. The van der Waals surface area contributed by atoms with Crippen LogP contribution in [0.25, 0.3) is 0 Å². The number of halogens is 2. The molecule has 1 aliphatic rings. The van der Waals surface area contributed by atoms with E-state index in [0.717, 1.165) is 32.5 Å². The molecule has 0 radical (unpaired) electrons. The zero-order valence-electron chi connectivity index (χ0n) is 19.6. The van der Waals surface area contributed by atoms with Gasteiger partial charge in [0.15, 0.2) is 0 Å². The van der Waals surface area contributed by atoms with Crippen LogP contribution in [0.15, 0.2) is 93.7 Å². The van der Waals surface area contributed by atoms with Gasteiger partial charge in [-0.25, -0.2) is 4.68 Å². The highest BCUT2D eigenvalue weighted by Crippen LogP contribution is 2.37. The first-order chi connectivity index (χ1) is 17.4. The van der Waals surface area contributed by atoms with Crippen molar-refractivity contribution in [1.82, 2.24) is 14.8 Å². The summed E-state index contributed by atoms with van der Waals surface area (Å²) >= 11 is 11.3. The van der Waals surface area contributed by atoms with E-state index in [1.807, 2.05) is 86.6 Å². The minimum absolute atomic E-state index is 0.186. The molecule has 1 unspecified atom stereocenters. The fraction of sp³-hybridized carbons (Fsp3) is 0.148. The number of para-hydroxylation sites is 1. The molecule has 0 bridgehead atoms. The normalized spacial score (nSPS) is 14.8. The Labute approximate surface area is 227 Å². The number of aromatic nitrogens is 3. The summed E-state index contributed by atoms with van der Waals surface area (Å²) in [7, 11) is 0. The van der Waals surface area contributed by atoms with Crippen LogP contribution in [0.2, 0.25) is 5.02 Å². The topological polar surface area (TPSA) is 71.8 Å². The Balaban J connectivity index is 1.50. The number of nitrogens with one attached hydrogen (secondary N) is 2. The fourth-order valence-corrected chi connectivity index (χ4v) is 5.48. The van der Waals surface area contributed by atoms with Crippen LogP contribution in [0, 0.1) is 6.92 Å². The molecule has 1 aliphatic heterocycles. The lowest BCUT2D eigenvalue weighted by Gasteiger charge is -2.28. The number of thioether (sulfide) groups is 1. The third kappa shape index (κ3) is 5.07. The van der Waals surface area contributed by atoms with Crippen molar-refractivity contribution < 1.29 is 4.79 Å². The van der Waals surface area contributed by atoms with Gasteiger partial charge in [0.1, 0.15) is 6.04 Å². The molecular formula is C27H23BrClN5OS. The van der Waals surface area contributed by atoms with Gasteiger partial charge in [-0.15, -0.1) is 5.10 Å². The number of hydrogen-bond donors (Lipinski definition) is 2. The smallest absolute Gasteiger partial charge is 0.255 e. The lowest BCUT2D eigenvalue weighted by molar-refractivity contribution is -0.113. The van der Waals surface area contributed by atoms with Crippen LogP contribution >= 0.6 is 39.3 Å². The molecule has 3 aromatic carbocycles. The Kier molecular flexibility index (Phi) is 7.18. The van der Waals surface area contributed by atoms with Crippen LogP contribution < -0.4 is 10.6 Å². The molecule has 36 heavy (non-hydrogen) atoms. The molecular weight excluding hydrogens is 558 g/mol. The first-order valence-electron chi connectivity index (χ1n) is 11.3. The van der Waals surface area contributed by atoms with Crippen molar-refractivity contribution >= 4 is 56.8 Å². The number of rotatable bonds is 6. The number of benzene rings is 3. The Hall–Kier alpha value is -3.07. The summed E-state index contributed by atoms with van der Waals surface area (Å²) in [5.41, 5.74) is 5.03. The van der Waals surface area contributed by atoms with E-state index in [0.29, 0.717) is 27.5 Å². The molecule has 6 nitrogen and oxygen atoms in total. The van der Waals surface area contributed by atoms with E-state index in [1.165, 1.54) is 11.8 Å². The number of hydrogen-bond acceptors (Lipinski definition) is 5. The van der Waals surface area contributed by atoms with Crippen LogP contribution in [-0.4, -0.2) is 20.7 Å².